The van der Waals surface area contributed by atoms with Crippen molar-refractivity contribution in [3.8, 4) is 0 Å². The maximum atomic E-state index is 13.5. The van der Waals surface area contributed by atoms with E-state index < -0.39 is 23.3 Å². The van der Waals surface area contributed by atoms with Crippen LogP contribution in [-0.2, 0) is 6.54 Å². The van der Waals surface area contributed by atoms with E-state index in [0.29, 0.717) is 0 Å². The largest absolute Gasteiger partial charge is 0.379 e. The van der Waals surface area contributed by atoms with Gasteiger partial charge >= 0.3 is 0 Å². The second-order valence-electron chi connectivity index (χ2n) is 3.83. The molecule has 0 amide bonds. The summed E-state index contributed by atoms with van der Waals surface area (Å²) < 4.78 is 52.2. The summed E-state index contributed by atoms with van der Waals surface area (Å²) in [5.74, 6) is -4.77. The lowest BCUT2D eigenvalue weighted by Crippen LogP contribution is -2.04. The smallest absolute Gasteiger partial charge is 0.194 e. The van der Waals surface area contributed by atoms with Crippen molar-refractivity contribution in [3.63, 3.8) is 0 Å². The average molecular weight is 290 g/mol. The van der Waals surface area contributed by atoms with Gasteiger partial charge in [0.05, 0.1) is 10.7 Å². The zero-order chi connectivity index (χ0) is 14.0. The molecule has 0 aromatic heterocycles. The monoisotopic (exact) mass is 289 g/mol. The van der Waals surface area contributed by atoms with E-state index in [1.165, 1.54) is 18.2 Å². The standard InChI is InChI=1S/C13H8ClF4N/c14-8-2-1-3-11(12(8)17)19-6-7-4-9(15)13(18)10(16)5-7/h1-5,19H,6H2. The Balaban J connectivity index is 2.17. The zero-order valence-corrected chi connectivity index (χ0v) is 10.2. The van der Waals surface area contributed by atoms with Crippen LogP contribution >= 0.6 is 11.6 Å². The maximum absolute atomic E-state index is 13.5. The van der Waals surface area contributed by atoms with Crippen LogP contribution in [0, 0.1) is 23.3 Å². The molecule has 1 nitrogen and oxygen atoms in total. The van der Waals surface area contributed by atoms with Crippen LogP contribution in [0.3, 0.4) is 0 Å². The van der Waals surface area contributed by atoms with Crippen LogP contribution in [0.5, 0.6) is 0 Å². The number of halogens is 5. The molecule has 0 aliphatic rings. The van der Waals surface area contributed by atoms with E-state index in [2.05, 4.69) is 5.32 Å². The topological polar surface area (TPSA) is 12.0 Å². The summed E-state index contributed by atoms with van der Waals surface area (Å²) in [6.07, 6.45) is 0. The van der Waals surface area contributed by atoms with Crippen LogP contribution in [0.1, 0.15) is 5.56 Å². The highest BCUT2D eigenvalue weighted by Gasteiger charge is 2.11. The molecule has 0 spiro atoms. The minimum absolute atomic E-state index is 0.0641. The lowest BCUT2D eigenvalue weighted by Gasteiger charge is -2.09. The van der Waals surface area contributed by atoms with Crippen LogP contribution in [0.25, 0.3) is 0 Å². The van der Waals surface area contributed by atoms with Gasteiger partial charge in [-0.25, -0.2) is 17.6 Å². The highest BCUT2D eigenvalue weighted by molar-refractivity contribution is 6.31. The first kappa shape index (κ1) is 13.7. The summed E-state index contributed by atoms with van der Waals surface area (Å²) in [7, 11) is 0. The summed E-state index contributed by atoms with van der Waals surface area (Å²) in [4.78, 5) is 0. The summed E-state index contributed by atoms with van der Waals surface area (Å²) in [5, 5.41) is 2.56. The summed E-state index contributed by atoms with van der Waals surface area (Å²) in [6, 6.07) is 6.01. The molecule has 2 aromatic rings. The SMILES string of the molecule is Fc1cc(CNc2cccc(Cl)c2F)cc(F)c1F. The van der Waals surface area contributed by atoms with Crippen LogP contribution in [0.15, 0.2) is 30.3 Å². The molecule has 0 atom stereocenters. The Hall–Kier alpha value is -1.75. The van der Waals surface area contributed by atoms with E-state index in [9.17, 15) is 17.6 Å². The van der Waals surface area contributed by atoms with Crippen LogP contribution < -0.4 is 5.32 Å². The lowest BCUT2D eigenvalue weighted by molar-refractivity contribution is 0.445. The first-order chi connectivity index (χ1) is 8.99. The van der Waals surface area contributed by atoms with Gasteiger partial charge < -0.3 is 5.32 Å². The van der Waals surface area contributed by atoms with Crippen molar-refractivity contribution in [2.24, 2.45) is 0 Å². The summed E-state index contributed by atoms with van der Waals surface area (Å²) in [6.45, 7) is -0.0641. The van der Waals surface area contributed by atoms with E-state index >= 15 is 0 Å². The Morgan fingerprint density at radius 1 is 0.947 bits per heavy atom. The average Bonchev–Trinajstić information content (AvgIpc) is 2.37. The molecular formula is C13H8ClF4N. The molecule has 0 radical (unpaired) electrons. The zero-order valence-electron chi connectivity index (χ0n) is 9.48. The second-order valence-corrected chi connectivity index (χ2v) is 4.24. The Morgan fingerprint density at radius 2 is 1.58 bits per heavy atom. The molecule has 0 fully saturated rings. The van der Waals surface area contributed by atoms with Gasteiger partial charge in [-0.15, -0.1) is 0 Å². The fraction of sp³-hybridized carbons (Fsp3) is 0.0769. The van der Waals surface area contributed by atoms with Crippen LogP contribution in [-0.4, -0.2) is 0 Å². The van der Waals surface area contributed by atoms with Crippen molar-refractivity contribution >= 4 is 17.3 Å². The Bertz CT molecular complexity index is 593. The number of hydrogen-bond donors (Lipinski definition) is 1. The molecular weight excluding hydrogens is 282 g/mol. The van der Waals surface area contributed by atoms with E-state index in [1.54, 1.807) is 0 Å². The van der Waals surface area contributed by atoms with Crippen molar-refractivity contribution in [1.29, 1.82) is 0 Å². The van der Waals surface area contributed by atoms with Gasteiger partial charge in [0.15, 0.2) is 23.3 Å². The van der Waals surface area contributed by atoms with Gasteiger partial charge in [-0.1, -0.05) is 17.7 Å². The minimum atomic E-state index is -1.53. The molecule has 2 aromatic carbocycles. The Kier molecular flexibility index (Phi) is 3.95. The van der Waals surface area contributed by atoms with Gasteiger partial charge in [0.1, 0.15) is 0 Å². The molecule has 0 bridgehead atoms. The fourth-order valence-electron chi connectivity index (χ4n) is 1.55. The normalized spacial score (nSPS) is 10.6. The van der Waals surface area contributed by atoms with Crippen molar-refractivity contribution in [1.82, 2.24) is 0 Å². The molecule has 0 aliphatic carbocycles. The van der Waals surface area contributed by atoms with Gasteiger partial charge in [0.2, 0.25) is 0 Å². The van der Waals surface area contributed by atoms with E-state index in [4.69, 9.17) is 11.6 Å². The third-order valence-electron chi connectivity index (χ3n) is 2.48. The predicted molar refractivity (Wildman–Crippen MR) is 65.1 cm³/mol. The molecule has 0 saturated carbocycles. The number of benzene rings is 2. The number of rotatable bonds is 3. The molecule has 19 heavy (non-hydrogen) atoms. The van der Waals surface area contributed by atoms with Crippen molar-refractivity contribution in [3.05, 3.63) is 64.2 Å². The van der Waals surface area contributed by atoms with Crippen LogP contribution in [0.4, 0.5) is 23.2 Å². The second kappa shape index (κ2) is 5.48. The van der Waals surface area contributed by atoms with Crippen molar-refractivity contribution in [2.45, 2.75) is 6.54 Å². The third-order valence-corrected chi connectivity index (χ3v) is 2.77. The highest BCUT2D eigenvalue weighted by Crippen LogP contribution is 2.23. The molecule has 0 saturated heterocycles. The van der Waals surface area contributed by atoms with Gasteiger partial charge in [-0.05, 0) is 29.8 Å². The van der Waals surface area contributed by atoms with Crippen LogP contribution in [0.2, 0.25) is 5.02 Å². The van der Waals surface area contributed by atoms with Gasteiger partial charge in [-0.2, -0.15) is 0 Å². The van der Waals surface area contributed by atoms with E-state index in [0.717, 1.165) is 12.1 Å². The number of nitrogens with one attached hydrogen (secondary N) is 1. The third kappa shape index (κ3) is 2.98. The molecule has 6 heteroatoms. The highest BCUT2D eigenvalue weighted by atomic mass is 35.5. The molecule has 0 unspecified atom stereocenters. The predicted octanol–water partition coefficient (Wildman–Crippen LogP) is 4.51. The fourth-order valence-corrected chi connectivity index (χ4v) is 1.72. The lowest BCUT2D eigenvalue weighted by atomic mass is 10.2. The quantitative estimate of drug-likeness (QED) is 0.647. The van der Waals surface area contributed by atoms with Gasteiger partial charge in [-0.3, -0.25) is 0 Å². The Morgan fingerprint density at radius 3 is 2.21 bits per heavy atom. The molecule has 0 heterocycles. The van der Waals surface area contributed by atoms with Crippen molar-refractivity contribution in [2.75, 3.05) is 5.32 Å². The number of anilines is 1. The maximum Gasteiger partial charge on any atom is 0.194 e. The van der Waals surface area contributed by atoms with E-state index in [-0.39, 0.29) is 22.8 Å². The van der Waals surface area contributed by atoms with Gasteiger partial charge in [0, 0.05) is 6.54 Å². The molecule has 2 rings (SSSR count). The minimum Gasteiger partial charge on any atom is -0.379 e. The number of hydrogen-bond acceptors (Lipinski definition) is 1. The van der Waals surface area contributed by atoms with Crippen molar-refractivity contribution < 1.29 is 17.6 Å². The first-order valence-corrected chi connectivity index (χ1v) is 5.68. The summed E-state index contributed by atoms with van der Waals surface area (Å²) in [5.41, 5.74) is 0.244. The van der Waals surface area contributed by atoms with Gasteiger partial charge in [0.25, 0.3) is 0 Å². The Labute approximate surface area is 111 Å². The first-order valence-electron chi connectivity index (χ1n) is 5.30. The van der Waals surface area contributed by atoms with E-state index in [1.807, 2.05) is 0 Å². The summed E-state index contributed by atoms with van der Waals surface area (Å²) >= 11 is 5.58. The molecule has 100 valence electrons. The molecule has 1 N–H and O–H groups in total. The molecule has 0 aliphatic heterocycles.